The van der Waals surface area contributed by atoms with E-state index in [0.29, 0.717) is 13.0 Å². The van der Waals surface area contributed by atoms with Gasteiger partial charge in [0.1, 0.15) is 5.82 Å². The van der Waals surface area contributed by atoms with Crippen LogP contribution in [0.2, 0.25) is 0 Å². The van der Waals surface area contributed by atoms with E-state index in [2.05, 4.69) is 5.32 Å². The third kappa shape index (κ3) is 4.49. The molecule has 1 amide bonds. The minimum Gasteiger partial charge on any atom is -0.374 e. The molecule has 0 fully saturated rings. The number of benzene rings is 1. The van der Waals surface area contributed by atoms with Gasteiger partial charge in [0.15, 0.2) is 0 Å². The normalized spacial score (nSPS) is 13.8. The lowest BCUT2D eigenvalue weighted by atomic mass is 9.96. The standard InChI is InChI=1S/C15H24FN3O/c1-4-9-18-15(2,14(17)20)8-10-19(3)13-7-5-6-12(16)11-13/h5-7,11,18H,4,8-10H2,1-3H3,(H2,17,20). The van der Waals surface area contributed by atoms with Gasteiger partial charge in [-0.2, -0.15) is 0 Å². The van der Waals surface area contributed by atoms with Gasteiger partial charge >= 0.3 is 0 Å². The smallest absolute Gasteiger partial charge is 0.237 e. The molecule has 1 aromatic carbocycles. The molecular formula is C15H24FN3O. The van der Waals surface area contributed by atoms with E-state index in [4.69, 9.17) is 5.73 Å². The van der Waals surface area contributed by atoms with E-state index in [-0.39, 0.29) is 11.7 Å². The summed E-state index contributed by atoms with van der Waals surface area (Å²) in [5.74, 6) is -0.630. The first-order valence-electron chi connectivity index (χ1n) is 6.90. The first kappa shape index (κ1) is 16.4. The zero-order valence-electron chi connectivity index (χ0n) is 12.4. The van der Waals surface area contributed by atoms with Gasteiger partial charge in [0, 0.05) is 19.3 Å². The molecule has 0 saturated carbocycles. The fourth-order valence-corrected chi connectivity index (χ4v) is 1.93. The maximum absolute atomic E-state index is 13.2. The molecule has 0 aromatic heterocycles. The largest absolute Gasteiger partial charge is 0.374 e. The summed E-state index contributed by atoms with van der Waals surface area (Å²) in [4.78, 5) is 13.5. The summed E-state index contributed by atoms with van der Waals surface area (Å²) in [6.07, 6.45) is 1.50. The van der Waals surface area contributed by atoms with Crippen LogP contribution in [-0.4, -0.2) is 31.6 Å². The fourth-order valence-electron chi connectivity index (χ4n) is 1.93. The van der Waals surface area contributed by atoms with E-state index >= 15 is 0 Å². The van der Waals surface area contributed by atoms with E-state index in [1.807, 2.05) is 31.9 Å². The Hall–Kier alpha value is -1.62. The summed E-state index contributed by atoms with van der Waals surface area (Å²) in [5.41, 5.74) is 5.53. The Morgan fingerprint density at radius 2 is 2.20 bits per heavy atom. The molecule has 20 heavy (non-hydrogen) atoms. The number of carbonyl (C=O) groups excluding carboxylic acids is 1. The van der Waals surface area contributed by atoms with Crippen LogP contribution in [0.1, 0.15) is 26.7 Å². The molecule has 4 nitrogen and oxygen atoms in total. The molecule has 0 heterocycles. The zero-order chi connectivity index (χ0) is 15.2. The molecule has 3 N–H and O–H groups in total. The van der Waals surface area contributed by atoms with Crippen molar-refractivity contribution in [2.75, 3.05) is 25.0 Å². The minimum absolute atomic E-state index is 0.267. The highest BCUT2D eigenvalue weighted by Crippen LogP contribution is 2.17. The number of primary amides is 1. The van der Waals surface area contributed by atoms with Crippen LogP contribution in [0, 0.1) is 5.82 Å². The van der Waals surface area contributed by atoms with E-state index < -0.39 is 5.54 Å². The van der Waals surface area contributed by atoms with E-state index in [0.717, 1.165) is 18.7 Å². The van der Waals surface area contributed by atoms with Gasteiger partial charge in [-0.3, -0.25) is 4.79 Å². The highest BCUT2D eigenvalue weighted by Gasteiger charge is 2.30. The number of nitrogens with two attached hydrogens (primary N) is 1. The number of amides is 1. The Balaban J connectivity index is 2.65. The van der Waals surface area contributed by atoms with Crippen LogP contribution in [0.5, 0.6) is 0 Å². The first-order chi connectivity index (χ1) is 9.39. The average Bonchev–Trinajstić information content (AvgIpc) is 2.42. The van der Waals surface area contributed by atoms with Crippen LogP contribution in [0.4, 0.5) is 10.1 Å². The summed E-state index contributed by atoms with van der Waals surface area (Å²) in [7, 11) is 1.87. The van der Waals surface area contributed by atoms with Gasteiger partial charge in [-0.25, -0.2) is 4.39 Å². The Kier molecular flexibility index (Phi) is 5.95. The van der Waals surface area contributed by atoms with Crippen molar-refractivity contribution in [2.45, 2.75) is 32.2 Å². The lowest BCUT2D eigenvalue weighted by Crippen LogP contribution is -2.54. The summed E-state index contributed by atoms with van der Waals surface area (Å²) in [6.45, 7) is 5.19. The molecule has 112 valence electrons. The van der Waals surface area contributed by atoms with Crippen molar-refractivity contribution in [3.8, 4) is 0 Å². The van der Waals surface area contributed by atoms with Gasteiger partial charge in [-0.1, -0.05) is 13.0 Å². The Morgan fingerprint density at radius 1 is 1.50 bits per heavy atom. The lowest BCUT2D eigenvalue weighted by molar-refractivity contribution is -0.124. The summed E-state index contributed by atoms with van der Waals surface area (Å²) in [6, 6.07) is 6.39. The second-order valence-corrected chi connectivity index (χ2v) is 5.27. The van der Waals surface area contributed by atoms with Crippen LogP contribution in [-0.2, 0) is 4.79 Å². The predicted octanol–water partition coefficient (Wildman–Crippen LogP) is 1.90. The van der Waals surface area contributed by atoms with Crippen molar-refractivity contribution in [1.29, 1.82) is 0 Å². The topological polar surface area (TPSA) is 58.4 Å². The number of rotatable bonds is 8. The van der Waals surface area contributed by atoms with Crippen molar-refractivity contribution >= 4 is 11.6 Å². The maximum Gasteiger partial charge on any atom is 0.237 e. The van der Waals surface area contributed by atoms with Gasteiger partial charge < -0.3 is 16.0 Å². The number of nitrogens with one attached hydrogen (secondary N) is 1. The highest BCUT2D eigenvalue weighted by atomic mass is 19.1. The lowest BCUT2D eigenvalue weighted by Gasteiger charge is -2.30. The number of hydrogen-bond acceptors (Lipinski definition) is 3. The number of halogens is 1. The molecule has 1 rings (SSSR count). The van der Waals surface area contributed by atoms with Gasteiger partial charge in [0.05, 0.1) is 5.54 Å². The van der Waals surface area contributed by atoms with E-state index in [1.54, 1.807) is 6.07 Å². The van der Waals surface area contributed by atoms with Crippen LogP contribution >= 0.6 is 0 Å². The maximum atomic E-state index is 13.2. The molecule has 0 bridgehead atoms. The Labute approximate surface area is 120 Å². The molecule has 1 atom stereocenters. The molecule has 5 heteroatoms. The summed E-state index contributed by atoms with van der Waals surface area (Å²) in [5, 5.41) is 3.19. The SMILES string of the molecule is CCCNC(C)(CCN(C)c1cccc(F)c1)C(N)=O. The molecular weight excluding hydrogens is 257 g/mol. The van der Waals surface area contributed by atoms with Crippen molar-refractivity contribution < 1.29 is 9.18 Å². The number of anilines is 1. The van der Waals surface area contributed by atoms with Gasteiger partial charge in [-0.05, 0) is 44.5 Å². The van der Waals surface area contributed by atoms with Crippen LogP contribution < -0.4 is 16.0 Å². The average molecular weight is 281 g/mol. The summed E-state index contributed by atoms with van der Waals surface area (Å²) >= 11 is 0. The van der Waals surface area contributed by atoms with Crippen molar-refractivity contribution in [1.82, 2.24) is 5.32 Å². The molecule has 1 aromatic rings. The second kappa shape index (κ2) is 7.24. The minimum atomic E-state index is -0.738. The predicted molar refractivity (Wildman–Crippen MR) is 80.2 cm³/mol. The molecule has 0 aliphatic carbocycles. The molecule has 0 aliphatic rings. The number of hydrogen-bond donors (Lipinski definition) is 2. The highest BCUT2D eigenvalue weighted by molar-refractivity contribution is 5.84. The summed E-state index contributed by atoms with van der Waals surface area (Å²) < 4.78 is 13.2. The molecule has 0 radical (unpaired) electrons. The monoisotopic (exact) mass is 281 g/mol. The Morgan fingerprint density at radius 3 is 2.75 bits per heavy atom. The van der Waals surface area contributed by atoms with Gasteiger partial charge in [-0.15, -0.1) is 0 Å². The second-order valence-electron chi connectivity index (χ2n) is 5.27. The van der Waals surface area contributed by atoms with Crippen molar-refractivity contribution in [2.24, 2.45) is 5.73 Å². The van der Waals surface area contributed by atoms with Crippen LogP contribution in [0.25, 0.3) is 0 Å². The van der Waals surface area contributed by atoms with Crippen LogP contribution in [0.15, 0.2) is 24.3 Å². The first-order valence-corrected chi connectivity index (χ1v) is 6.90. The molecule has 1 unspecified atom stereocenters. The number of carbonyl (C=O) groups is 1. The van der Waals surface area contributed by atoms with E-state index in [1.165, 1.54) is 12.1 Å². The van der Waals surface area contributed by atoms with Gasteiger partial charge in [0.2, 0.25) is 5.91 Å². The third-order valence-corrected chi connectivity index (χ3v) is 3.51. The fraction of sp³-hybridized carbons (Fsp3) is 0.533. The van der Waals surface area contributed by atoms with Gasteiger partial charge in [0.25, 0.3) is 0 Å². The zero-order valence-corrected chi connectivity index (χ0v) is 12.4. The Bertz CT molecular complexity index is 452. The van der Waals surface area contributed by atoms with E-state index in [9.17, 15) is 9.18 Å². The third-order valence-electron chi connectivity index (χ3n) is 3.51. The van der Waals surface area contributed by atoms with Crippen molar-refractivity contribution in [3.05, 3.63) is 30.1 Å². The van der Waals surface area contributed by atoms with Crippen molar-refractivity contribution in [3.63, 3.8) is 0 Å². The number of nitrogens with zero attached hydrogens (tertiary/aromatic N) is 1. The van der Waals surface area contributed by atoms with Crippen LogP contribution in [0.3, 0.4) is 0 Å². The molecule has 0 aliphatic heterocycles. The quantitative estimate of drug-likeness (QED) is 0.765. The molecule has 0 saturated heterocycles. The molecule has 0 spiro atoms.